The Morgan fingerprint density at radius 2 is 1.62 bits per heavy atom. The van der Waals surface area contributed by atoms with Gasteiger partial charge in [0.15, 0.2) is 0 Å². The highest BCUT2D eigenvalue weighted by Gasteiger charge is 2.36. The summed E-state index contributed by atoms with van der Waals surface area (Å²) >= 11 is 0. The Morgan fingerprint density at radius 3 is 1.94 bits per heavy atom. The van der Waals surface area contributed by atoms with Gasteiger partial charge in [-0.15, -0.1) is 0 Å². The molecular formula is C12H26O4. The summed E-state index contributed by atoms with van der Waals surface area (Å²) in [7, 11) is 1.51. The first-order valence-corrected chi connectivity index (χ1v) is 5.59. The van der Waals surface area contributed by atoms with Gasteiger partial charge in [-0.05, 0) is 19.3 Å². The molecule has 0 fully saturated rings. The smallest absolute Gasteiger partial charge is 0.114 e. The Labute approximate surface area is 98.6 Å². The molecule has 0 unspecified atom stereocenters. The highest BCUT2D eigenvalue weighted by molar-refractivity contribution is 4.86. The molecule has 0 aromatic rings. The average molecular weight is 234 g/mol. The Balaban J connectivity index is 4.48. The topological polar surface area (TPSA) is 58.9 Å². The molecule has 0 heterocycles. The molecule has 0 bridgehead atoms. The van der Waals surface area contributed by atoms with Gasteiger partial charge in [0.05, 0.1) is 18.8 Å². The molecule has 0 aliphatic rings. The Bertz CT molecular complexity index is 196. The minimum Gasteiger partial charge on any atom is -0.394 e. The van der Waals surface area contributed by atoms with E-state index in [-0.39, 0.29) is 12.0 Å². The largest absolute Gasteiger partial charge is 0.394 e. The maximum Gasteiger partial charge on any atom is 0.114 e. The summed E-state index contributed by atoms with van der Waals surface area (Å²) in [5.41, 5.74) is -0.579. The van der Waals surface area contributed by atoms with Crippen molar-refractivity contribution in [3.8, 4) is 0 Å². The molecule has 0 spiro atoms. The summed E-state index contributed by atoms with van der Waals surface area (Å²) in [5, 5.41) is 18.6. The number of hydrogen-bond acceptors (Lipinski definition) is 4. The molecule has 0 radical (unpaired) electrons. The molecule has 4 heteroatoms. The third kappa shape index (κ3) is 5.25. The van der Waals surface area contributed by atoms with Gasteiger partial charge >= 0.3 is 0 Å². The van der Waals surface area contributed by atoms with Crippen molar-refractivity contribution in [2.24, 2.45) is 5.41 Å². The van der Waals surface area contributed by atoms with Crippen molar-refractivity contribution in [2.75, 3.05) is 20.3 Å². The second-order valence-electron chi connectivity index (χ2n) is 5.86. The van der Waals surface area contributed by atoms with Crippen LogP contribution in [0.2, 0.25) is 0 Å². The predicted molar refractivity (Wildman–Crippen MR) is 63.4 cm³/mol. The van der Waals surface area contributed by atoms with Crippen molar-refractivity contribution in [2.45, 2.75) is 52.4 Å². The van der Waals surface area contributed by atoms with E-state index in [9.17, 15) is 5.11 Å². The molecule has 16 heavy (non-hydrogen) atoms. The fourth-order valence-electron chi connectivity index (χ4n) is 1.48. The zero-order valence-electron chi connectivity index (χ0n) is 11.3. The van der Waals surface area contributed by atoms with Crippen LogP contribution < -0.4 is 0 Å². The molecule has 2 N–H and O–H groups in total. The molecule has 4 nitrogen and oxygen atoms in total. The van der Waals surface area contributed by atoms with Crippen LogP contribution in [0.25, 0.3) is 0 Å². The molecule has 98 valence electrons. The quantitative estimate of drug-likeness (QED) is 0.725. The summed E-state index contributed by atoms with van der Waals surface area (Å²) < 4.78 is 11.0. The third-order valence-electron chi connectivity index (χ3n) is 2.35. The summed E-state index contributed by atoms with van der Waals surface area (Å²) in [6, 6.07) is 0. The van der Waals surface area contributed by atoms with E-state index in [1.807, 2.05) is 13.8 Å². The SMILES string of the molecule is CO[C@@H]([C@H](O)CO)C(C)(C)OCC(C)(C)C. The zero-order chi connectivity index (χ0) is 13.0. The van der Waals surface area contributed by atoms with Crippen molar-refractivity contribution < 1.29 is 19.7 Å². The van der Waals surface area contributed by atoms with Gasteiger partial charge in [-0.3, -0.25) is 0 Å². The number of rotatable bonds is 6. The van der Waals surface area contributed by atoms with Crippen molar-refractivity contribution in [3.05, 3.63) is 0 Å². The predicted octanol–water partition coefficient (Wildman–Crippen LogP) is 1.20. The molecule has 0 saturated heterocycles. The van der Waals surface area contributed by atoms with Gasteiger partial charge in [0.2, 0.25) is 0 Å². The minimum absolute atomic E-state index is 0.0553. The van der Waals surface area contributed by atoms with Gasteiger partial charge in [-0.1, -0.05) is 20.8 Å². The molecule has 0 amide bonds. The lowest BCUT2D eigenvalue weighted by molar-refractivity contribution is -0.170. The number of aliphatic hydroxyl groups excluding tert-OH is 2. The average Bonchev–Trinajstić information content (AvgIpc) is 2.14. The monoisotopic (exact) mass is 234 g/mol. The van der Waals surface area contributed by atoms with E-state index in [1.165, 1.54) is 7.11 Å². The Hall–Kier alpha value is -0.160. The van der Waals surface area contributed by atoms with E-state index in [4.69, 9.17) is 14.6 Å². The molecule has 0 rings (SSSR count). The first-order valence-electron chi connectivity index (χ1n) is 5.59. The maximum absolute atomic E-state index is 9.63. The van der Waals surface area contributed by atoms with Crippen LogP contribution in [-0.4, -0.2) is 48.3 Å². The summed E-state index contributed by atoms with van der Waals surface area (Å²) in [4.78, 5) is 0. The number of hydrogen-bond donors (Lipinski definition) is 2. The van der Waals surface area contributed by atoms with Crippen LogP contribution in [0.1, 0.15) is 34.6 Å². The standard InChI is InChI=1S/C12H26O4/c1-11(2,3)8-16-12(4,5)10(15-6)9(14)7-13/h9-10,13-14H,7-8H2,1-6H3/t9-,10+/m1/s1. The molecule has 0 aromatic heterocycles. The van der Waals surface area contributed by atoms with Crippen LogP contribution in [0.4, 0.5) is 0 Å². The van der Waals surface area contributed by atoms with Crippen LogP contribution in [0.3, 0.4) is 0 Å². The van der Waals surface area contributed by atoms with Crippen molar-refractivity contribution in [3.63, 3.8) is 0 Å². The summed E-state index contributed by atoms with van der Waals surface area (Å²) in [6.07, 6.45) is -1.47. The second kappa shape index (κ2) is 5.96. The lowest BCUT2D eigenvalue weighted by Gasteiger charge is -2.37. The first-order chi connectivity index (χ1) is 7.14. The highest BCUT2D eigenvalue weighted by atomic mass is 16.6. The fraction of sp³-hybridized carbons (Fsp3) is 1.00. The van der Waals surface area contributed by atoms with Crippen LogP contribution in [-0.2, 0) is 9.47 Å². The molecule has 0 aromatic carbocycles. The Kier molecular flexibility index (Phi) is 5.90. The maximum atomic E-state index is 9.63. The van der Waals surface area contributed by atoms with Crippen molar-refractivity contribution in [1.82, 2.24) is 0 Å². The zero-order valence-corrected chi connectivity index (χ0v) is 11.3. The molecule has 0 saturated carbocycles. The summed E-state index contributed by atoms with van der Waals surface area (Å²) in [5.74, 6) is 0. The number of methoxy groups -OCH3 is 1. The van der Waals surface area contributed by atoms with Crippen LogP contribution in [0.5, 0.6) is 0 Å². The van der Waals surface area contributed by atoms with Crippen LogP contribution in [0, 0.1) is 5.41 Å². The van der Waals surface area contributed by atoms with Crippen LogP contribution in [0.15, 0.2) is 0 Å². The molecule has 0 aliphatic heterocycles. The van der Waals surface area contributed by atoms with Gasteiger partial charge in [-0.25, -0.2) is 0 Å². The molecular weight excluding hydrogens is 208 g/mol. The minimum atomic E-state index is -0.931. The van der Waals surface area contributed by atoms with Crippen LogP contribution >= 0.6 is 0 Å². The van der Waals surface area contributed by atoms with E-state index >= 15 is 0 Å². The first kappa shape index (κ1) is 15.8. The lowest BCUT2D eigenvalue weighted by Crippen LogP contribution is -2.50. The number of ether oxygens (including phenoxy) is 2. The molecule has 0 aliphatic carbocycles. The van der Waals surface area contributed by atoms with Gasteiger partial charge in [-0.2, -0.15) is 0 Å². The summed E-state index contributed by atoms with van der Waals surface area (Å²) in [6.45, 7) is 10.2. The van der Waals surface area contributed by atoms with Gasteiger partial charge in [0, 0.05) is 7.11 Å². The lowest BCUT2D eigenvalue weighted by atomic mass is 9.94. The van der Waals surface area contributed by atoms with E-state index in [0.717, 1.165) is 0 Å². The second-order valence-corrected chi connectivity index (χ2v) is 5.86. The third-order valence-corrected chi connectivity index (χ3v) is 2.35. The fourth-order valence-corrected chi connectivity index (χ4v) is 1.48. The van der Waals surface area contributed by atoms with E-state index < -0.39 is 17.8 Å². The van der Waals surface area contributed by atoms with Gasteiger partial charge < -0.3 is 19.7 Å². The van der Waals surface area contributed by atoms with Crippen molar-refractivity contribution >= 4 is 0 Å². The van der Waals surface area contributed by atoms with E-state index in [0.29, 0.717) is 6.61 Å². The van der Waals surface area contributed by atoms with Gasteiger partial charge in [0.1, 0.15) is 12.2 Å². The van der Waals surface area contributed by atoms with E-state index in [1.54, 1.807) is 0 Å². The Morgan fingerprint density at radius 1 is 1.12 bits per heavy atom. The normalized spacial score (nSPS) is 17.2. The highest BCUT2D eigenvalue weighted by Crippen LogP contribution is 2.24. The number of aliphatic hydroxyl groups is 2. The van der Waals surface area contributed by atoms with Crippen molar-refractivity contribution in [1.29, 1.82) is 0 Å². The van der Waals surface area contributed by atoms with E-state index in [2.05, 4.69) is 20.8 Å². The molecule has 2 atom stereocenters. The van der Waals surface area contributed by atoms with Gasteiger partial charge in [0.25, 0.3) is 0 Å².